The average Bonchev–Trinajstić information content (AvgIpc) is 3.53. The molecule has 1 aromatic heterocycles. The fraction of sp³-hybridized carbons (Fsp3) is 0.423. The molecule has 0 radical (unpaired) electrons. The van der Waals surface area contributed by atoms with Crippen LogP contribution in [0, 0.1) is 0 Å². The summed E-state index contributed by atoms with van der Waals surface area (Å²) in [7, 11) is 0. The third-order valence-corrected chi connectivity index (χ3v) is 6.44. The number of rotatable bonds is 9. The molecule has 1 saturated carbocycles. The van der Waals surface area contributed by atoms with E-state index in [2.05, 4.69) is 64.8 Å². The van der Waals surface area contributed by atoms with Crippen LogP contribution in [0.15, 0.2) is 53.5 Å². The lowest BCUT2D eigenvalue weighted by atomic mass is 9.98. The number of unbranched alkanes of at least 4 members (excludes halogenated alkanes) is 1. The Kier molecular flexibility index (Phi) is 7.27. The molecule has 7 nitrogen and oxygen atoms in total. The highest BCUT2D eigenvalue weighted by atomic mass is 16.1. The molecule has 0 spiro atoms. The number of H-pyrrole nitrogens is 1. The maximum absolute atomic E-state index is 12.1. The van der Waals surface area contributed by atoms with Crippen molar-refractivity contribution in [2.75, 3.05) is 0 Å². The van der Waals surface area contributed by atoms with Gasteiger partial charge in [-0.1, -0.05) is 74.7 Å². The van der Waals surface area contributed by atoms with E-state index in [9.17, 15) is 4.79 Å². The first-order chi connectivity index (χ1) is 16.1. The third kappa shape index (κ3) is 5.53. The largest absolute Gasteiger partial charge is 0.299 e. The van der Waals surface area contributed by atoms with Gasteiger partial charge < -0.3 is 0 Å². The van der Waals surface area contributed by atoms with Crippen molar-refractivity contribution in [2.45, 2.75) is 70.9 Å². The Bertz CT molecular complexity index is 1070. The van der Waals surface area contributed by atoms with Gasteiger partial charge in [-0.25, -0.2) is 5.10 Å². The minimum absolute atomic E-state index is 0.0343. The van der Waals surface area contributed by atoms with E-state index in [0.717, 1.165) is 66.6 Å². The first-order valence-corrected chi connectivity index (χ1v) is 11.8. The molecule has 2 aromatic carbocycles. The van der Waals surface area contributed by atoms with Crippen molar-refractivity contribution in [1.82, 2.24) is 25.5 Å². The molecule has 1 N–H and O–H groups in total. The lowest BCUT2D eigenvalue weighted by molar-refractivity contribution is -0.115. The van der Waals surface area contributed by atoms with Gasteiger partial charge in [0, 0.05) is 12.0 Å². The van der Waals surface area contributed by atoms with Gasteiger partial charge >= 0.3 is 0 Å². The summed E-state index contributed by atoms with van der Waals surface area (Å²) in [5.74, 6) is 1.56. The molecule has 0 bridgehead atoms. The summed E-state index contributed by atoms with van der Waals surface area (Å²) in [5.41, 5.74) is 4.11. The van der Waals surface area contributed by atoms with Crippen molar-refractivity contribution < 1.29 is 4.79 Å². The van der Waals surface area contributed by atoms with Gasteiger partial charge in [0.2, 0.25) is 6.41 Å². The summed E-state index contributed by atoms with van der Waals surface area (Å²) in [6.07, 6.45) is 8.52. The second-order valence-corrected chi connectivity index (χ2v) is 9.06. The van der Waals surface area contributed by atoms with Gasteiger partial charge in [-0.05, 0) is 53.3 Å². The zero-order valence-electron chi connectivity index (χ0n) is 19.5. The summed E-state index contributed by atoms with van der Waals surface area (Å²) < 4.78 is 0. The highest BCUT2D eigenvalue weighted by Crippen LogP contribution is 2.34. The van der Waals surface area contributed by atoms with Crippen LogP contribution in [0.4, 0.5) is 0 Å². The van der Waals surface area contributed by atoms with Crippen molar-refractivity contribution in [3.8, 4) is 22.5 Å². The molecular weight excluding hydrogens is 412 g/mol. The Morgan fingerprint density at radius 1 is 1.12 bits per heavy atom. The number of amidine groups is 1. The SMILES string of the molecule is CCCC/C(=N/C1(C)CCCC1)N(C=O)Cc1ccc(-c2ccccc2-c2nnn[nH]2)cc1. The molecule has 0 unspecified atom stereocenters. The number of amides is 1. The van der Waals surface area contributed by atoms with E-state index in [1.165, 1.54) is 12.8 Å². The van der Waals surface area contributed by atoms with Gasteiger partial charge in [0.05, 0.1) is 12.1 Å². The van der Waals surface area contributed by atoms with Gasteiger partial charge in [-0.2, -0.15) is 0 Å². The summed E-state index contributed by atoms with van der Waals surface area (Å²) in [6.45, 7) is 4.92. The second kappa shape index (κ2) is 10.5. The summed E-state index contributed by atoms with van der Waals surface area (Å²) in [5, 5.41) is 14.3. The van der Waals surface area contributed by atoms with Gasteiger partial charge in [0.25, 0.3) is 0 Å². The number of aromatic nitrogens is 4. The van der Waals surface area contributed by atoms with Gasteiger partial charge in [0.1, 0.15) is 5.84 Å². The predicted octanol–water partition coefficient (Wildman–Crippen LogP) is 5.41. The van der Waals surface area contributed by atoms with E-state index >= 15 is 0 Å². The van der Waals surface area contributed by atoms with Crippen molar-refractivity contribution in [2.24, 2.45) is 4.99 Å². The zero-order valence-corrected chi connectivity index (χ0v) is 19.5. The van der Waals surface area contributed by atoms with Crippen LogP contribution < -0.4 is 0 Å². The number of aliphatic imine (C=N–C) groups is 1. The van der Waals surface area contributed by atoms with E-state index < -0.39 is 0 Å². The number of hydrogen-bond acceptors (Lipinski definition) is 5. The number of nitrogens with one attached hydrogen (secondary N) is 1. The van der Waals surface area contributed by atoms with Crippen molar-refractivity contribution in [3.05, 3.63) is 54.1 Å². The van der Waals surface area contributed by atoms with E-state index in [4.69, 9.17) is 4.99 Å². The molecule has 1 aliphatic carbocycles. The number of hydrogen-bond donors (Lipinski definition) is 1. The Labute approximate surface area is 195 Å². The number of carbonyl (C=O) groups is 1. The van der Waals surface area contributed by atoms with Crippen LogP contribution >= 0.6 is 0 Å². The van der Waals surface area contributed by atoms with Crippen LogP contribution in [0.1, 0.15) is 64.4 Å². The van der Waals surface area contributed by atoms with Crippen LogP contribution in [0.2, 0.25) is 0 Å². The predicted molar refractivity (Wildman–Crippen MR) is 130 cm³/mol. The molecular formula is C26H32N6O. The molecule has 3 aromatic rings. The Balaban J connectivity index is 1.55. The maximum atomic E-state index is 12.1. The number of nitrogens with zero attached hydrogens (tertiary/aromatic N) is 5. The number of tetrazole rings is 1. The van der Waals surface area contributed by atoms with Gasteiger partial charge in [-0.3, -0.25) is 14.7 Å². The molecule has 172 valence electrons. The molecule has 4 rings (SSSR count). The molecule has 0 aliphatic heterocycles. The number of carbonyl (C=O) groups excluding carboxylic acids is 1. The van der Waals surface area contributed by atoms with Crippen LogP contribution in [0.5, 0.6) is 0 Å². The molecule has 0 saturated heterocycles. The van der Waals surface area contributed by atoms with Gasteiger partial charge in [0.15, 0.2) is 5.82 Å². The topological polar surface area (TPSA) is 87.1 Å². The molecule has 7 heteroatoms. The third-order valence-electron chi connectivity index (χ3n) is 6.44. The first-order valence-electron chi connectivity index (χ1n) is 11.8. The highest BCUT2D eigenvalue weighted by molar-refractivity contribution is 5.91. The Morgan fingerprint density at radius 2 is 1.85 bits per heavy atom. The lowest BCUT2D eigenvalue weighted by Gasteiger charge is -2.26. The number of benzene rings is 2. The van der Waals surface area contributed by atoms with Crippen LogP contribution in [-0.4, -0.2) is 43.3 Å². The fourth-order valence-electron chi connectivity index (χ4n) is 4.55. The summed E-state index contributed by atoms with van der Waals surface area (Å²) in [6, 6.07) is 16.4. The smallest absolute Gasteiger partial charge is 0.215 e. The van der Waals surface area contributed by atoms with Crippen LogP contribution in [0.25, 0.3) is 22.5 Å². The second-order valence-electron chi connectivity index (χ2n) is 9.06. The molecule has 1 fully saturated rings. The van der Waals surface area contributed by atoms with Crippen LogP contribution in [-0.2, 0) is 11.3 Å². The van der Waals surface area contributed by atoms with E-state index in [1.54, 1.807) is 4.90 Å². The van der Waals surface area contributed by atoms with Crippen molar-refractivity contribution in [3.63, 3.8) is 0 Å². The molecule has 1 heterocycles. The first kappa shape index (κ1) is 22.8. The molecule has 1 amide bonds. The minimum Gasteiger partial charge on any atom is -0.299 e. The Hall–Kier alpha value is -3.35. The monoisotopic (exact) mass is 444 g/mol. The molecule has 33 heavy (non-hydrogen) atoms. The minimum atomic E-state index is -0.0343. The zero-order chi connectivity index (χ0) is 23.1. The normalized spacial score (nSPS) is 15.5. The standard InChI is InChI=1S/C26H32N6O/c1-3-4-11-24(27-26(2)16-7-8-17-26)32(19-33)18-20-12-14-21(15-13-20)22-9-5-6-10-23(22)25-28-30-31-29-25/h5-6,9-10,12-15,19H,3-4,7-8,11,16-18H2,1-2H3,(H,28,29,30,31)/b27-24-. The summed E-state index contributed by atoms with van der Waals surface area (Å²) >= 11 is 0. The Morgan fingerprint density at radius 3 is 2.48 bits per heavy atom. The average molecular weight is 445 g/mol. The maximum Gasteiger partial charge on any atom is 0.215 e. The molecule has 0 atom stereocenters. The molecule has 1 aliphatic rings. The van der Waals surface area contributed by atoms with E-state index in [0.29, 0.717) is 12.4 Å². The van der Waals surface area contributed by atoms with Gasteiger partial charge in [-0.15, -0.1) is 5.10 Å². The number of aromatic amines is 1. The summed E-state index contributed by atoms with van der Waals surface area (Å²) in [4.78, 5) is 19.0. The van der Waals surface area contributed by atoms with E-state index in [-0.39, 0.29) is 5.54 Å². The van der Waals surface area contributed by atoms with E-state index in [1.807, 2.05) is 18.2 Å². The van der Waals surface area contributed by atoms with Crippen molar-refractivity contribution >= 4 is 12.2 Å². The quantitative estimate of drug-likeness (QED) is 0.271. The van der Waals surface area contributed by atoms with Crippen LogP contribution in [0.3, 0.4) is 0 Å². The highest BCUT2D eigenvalue weighted by Gasteiger charge is 2.29. The van der Waals surface area contributed by atoms with Crippen molar-refractivity contribution in [1.29, 1.82) is 0 Å². The lowest BCUT2D eigenvalue weighted by Crippen LogP contribution is -2.32. The fourth-order valence-corrected chi connectivity index (χ4v) is 4.55.